The summed E-state index contributed by atoms with van der Waals surface area (Å²) in [6.45, 7) is 2.22. The molecule has 7 nitrogen and oxygen atoms in total. The van der Waals surface area contributed by atoms with E-state index in [9.17, 15) is 0 Å². The van der Waals surface area contributed by atoms with E-state index in [2.05, 4.69) is 31.1 Å². The molecule has 0 amide bonds. The van der Waals surface area contributed by atoms with Gasteiger partial charge in [0.2, 0.25) is 0 Å². The molecule has 23 heavy (non-hydrogen) atoms. The van der Waals surface area contributed by atoms with Gasteiger partial charge in [-0.15, -0.1) is 0 Å². The first kappa shape index (κ1) is 15.1. The molecule has 3 rings (SSSR count). The summed E-state index contributed by atoms with van der Waals surface area (Å²) in [5.74, 6) is 0.817. The maximum absolute atomic E-state index is 4.85. The standard InChI is InChI=1S/C16H20N6O/c1-17-16(21(2)11-13-7-10-23-20-13)18-8-9-22-12-19-14-5-3-4-6-15(14)22/h3-7,10,12H,8-9,11H2,1-2H3,(H,17,18). The highest BCUT2D eigenvalue weighted by molar-refractivity contribution is 5.79. The van der Waals surface area contributed by atoms with E-state index in [0.29, 0.717) is 6.54 Å². The first-order valence-corrected chi connectivity index (χ1v) is 7.49. The molecule has 0 aliphatic carbocycles. The summed E-state index contributed by atoms with van der Waals surface area (Å²) in [5, 5.41) is 7.27. The molecule has 0 radical (unpaired) electrons. The largest absolute Gasteiger partial charge is 0.364 e. The van der Waals surface area contributed by atoms with Gasteiger partial charge >= 0.3 is 0 Å². The molecule has 0 aliphatic heterocycles. The number of aliphatic imine (C=N–C) groups is 1. The minimum atomic E-state index is 0.643. The number of aromatic nitrogens is 3. The van der Waals surface area contributed by atoms with Crippen LogP contribution in [0.15, 0.2) is 52.4 Å². The topological polar surface area (TPSA) is 71.5 Å². The van der Waals surface area contributed by atoms with Gasteiger partial charge < -0.3 is 19.3 Å². The third-order valence-electron chi connectivity index (χ3n) is 3.63. The third kappa shape index (κ3) is 3.50. The van der Waals surface area contributed by atoms with Crippen molar-refractivity contribution in [2.75, 3.05) is 20.6 Å². The average molecular weight is 312 g/mol. The van der Waals surface area contributed by atoms with Crippen molar-refractivity contribution in [2.45, 2.75) is 13.1 Å². The Morgan fingerprint density at radius 2 is 2.22 bits per heavy atom. The molecule has 1 N–H and O–H groups in total. The summed E-state index contributed by atoms with van der Waals surface area (Å²) < 4.78 is 6.98. The van der Waals surface area contributed by atoms with Crippen LogP contribution in [0.5, 0.6) is 0 Å². The molecular formula is C16H20N6O. The van der Waals surface area contributed by atoms with Crippen molar-refractivity contribution < 1.29 is 4.52 Å². The highest BCUT2D eigenvalue weighted by atomic mass is 16.5. The van der Waals surface area contributed by atoms with Crippen molar-refractivity contribution in [3.63, 3.8) is 0 Å². The number of fused-ring (bicyclic) bond motifs is 1. The summed E-state index contributed by atoms with van der Waals surface area (Å²) in [4.78, 5) is 10.7. The number of guanidine groups is 1. The zero-order valence-electron chi connectivity index (χ0n) is 13.3. The van der Waals surface area contributed by atoms with E-state index in [4.69, 9.17) is 4.52 Å². The SMILES string of the molecule is CN=C(NCCn1cnc2ccccc21)N(C)Cc1ccon1. The molecule has 2 heterocycles. The number of benzene rings is 1. The van der Waals surface area contributed by atoms with Crippen LogP contribution in [0, 0.1) is 0 Å². The van der Waals surface area contributed by atoms with Gasteiger partial charge in [0.25, 0.3) is 0 Å². The molecular weight excluding hydrogens is 292 g/mol. The molecule has 0 spiro atoms. The second kappa shape index (κ2) is 6.95. The number of imidazole rings is 1. The molecule has 0 saturated heterocycles. The summed E-state index contributed by atoms with van der Waals surface area (Å²) >= 11 is 0. The second-order valence-electron chi connectivity index (χ2n) is 5.25. The Morgan fingerprint density at radius 1 is 1.35 bits per heavy atom. The Morgan fingerprint density at radius 3 is 3.00 bits per heavy atom. The van der Waals surface area contributed by atoms with Gasteiger partial charge in [0.05, 0.1) is 23.9 Å². The van der Waals surface area contributed by atoms with Crippen molar-refractivity contribution in [3.05, 3.63) is 48.6 Å². The number of rotatable bonds is 5. The summed E-state index contributed by atoms with van der Waals surface area (Å²) in [6, 6.07) is 9.97. The Hall–Kier alpha value is -2.83. The van der Waals surface area contributed by atoms with Crippen molar-refractivity contribution >= 4 is 17.0 Å². The van der Waals surface area contributed by atoms with Crippen LogP contribution in [0.25, 0.3) is 11.0 Å². The molecule has 7 heteroatoms. The van der Waals surface area contributed by atoms with Gasteiger partial charge in [-0.25, -0.2) is 4.98 Å². The molecule has 0 fully saturated rings. The summed E-state index contributed by atoms with van der Waals surface area (Å²) in [7, 11) is 3.74. The van der Waals surface area contributed by atoms with Crippen LogP contribution in [0.1, 0.15) is 5.69 Å². The minimum absolute atomic E-state index is 0.643. The van der Waals surface area contributed by atoms with E-state index in [1.807, 2.05) is 42.5 Å². The quantitative estimate of drug-likeness (QED) is 0.574. The first-order valence-electron chi connectivity index (χ1n) is 7.49. The molecule has 0 atom stereocenters. The van der Waals surface area contributed by atoms with E-state index in [-0.39, 0.29) is 0 Å². The molecule has 2 aromatic heterocycles. The molecule has 0 aliphatic rings. The van der Waals surface area contributed by atoms with Crippen LogP contribution in [-0.4, -0.2) is 46.2 Å². The van der Waals surface area contributed by atoms with Crippen LogP contribution in [-0.2, 0) is 13.1 Å². The lowest BCUT2D eigenvalue weighted by atomic mass is 10.3. The maximum Gasteiger partial charge on any atom is 0.193 e. The summed E-state index contributed by atoms with van der Waals surface area (Å²) in [5.41, 5.74) is 3.02. The normalized spacial score (nSPS) is 11.8. The number of nitrogens with zero attached hydrogens (tertiary/aromatic N) is 5. The fourth-order valence-corrected chi connectivity index (χ4v) is 2.50. The first-order chi connectivity index (χ1) is 11.3. The predicted octanol–water partition coefficient (Wildman–Crippen LogP) is 1.73. The van der Waals surface area contributed by atoms with Gasteiger partial charge in [0, 0.05) is 33.3 Å². The number of hydrogen-bond donors (Lipinski definition) is 1. The van der Waals surface area contributed by atoms with E-state index >= 15 is 0 Å². The van der Waals surface area contributed by atoms with E-state index in [1.165, 1.54) is 0 Å². The lowest BCUT2D eigenvalue weighted by Gasteiger charge is -2.21. The van der Waals surface area contributed by atoms with Crippen molar-refractivity contribution in [1.29, 1.82) is 0 Å². The molecule has 0 unspecified atom stereocenters. The van der Waals surface area contributed by atoms with Crippen LogP contribution in [0.4, 0.5) is 0 Å². The number of hydrogen-bond acceptors (Lipinski definition) is 4. The number of nitrogens with one attached hydrogen (secondary N) is 1. The Bertz CT molecular complexity index is 777. The lowest BCUT2D eigenvalue weighted by molar-refractivity contribution is 0.391. The molecule has 120 valence electrons. The summed E-state index contributed by atoms with van der Waals surface area (Å²) in [6.07, 6.45) is 3.44. The Labute approximate surface area is 134 Å². The van der Waals surface area contributed by atoms with Gasteiger partial charge in [-0.3, -0.25) is 4.99 Å². The zero-order chi connectivity index (χ0) is 16.1. The van der Waals surface area contributed by atoms with Crippen LogP contribution >= 0.6 is 0 Å². The number of para-hydroxylation sites is 2. The fraction of sp³-hybridized carbons (Fsp3) is 0.312. The van der Waals surface area contributed by atoms with E-state index in [1.54, 1.807) is 13.3 Å². The van der Waals surface area contributed by atoms with E-state index < -0.39 is 0 Å². The van der Waals surface area contributed by atoms with Crippen molar-refractivity contribution in [2.24, 2.45) is 4.99 Å². The molecule has 3 aromatic rings. The maximum atomic E-state index is 4.85. The fourth-order valence-electron chi connectivity index (χ4n) is 2.50. The van der Waals surface area contributed by atoms with Gasteiger partial charge in [-0.2, -0.15) is 0 Å². The second-order valence-corrected chi connectivity index (χ2v) is 5.25. The monoisotopic (exact) mass is 312 g/mol. The van der Waals surface area contributed by atoms with Gasteiger partial charge in [0.15, 0.2) is 5.96 Å². The zero-order valence-corrected chi connectivity index (χ0v) is 13.3. The minimum Gasteiger partial charge on any atom is -0.364 e. The lowest BCUT2D eigenvalue weighted by Crippen LogP contribution is -2.39. The molecule has 1 aromatic carbocycles. The third-order valence-corrected chi connectivity index (χ3v) is 3.63. The highest BCUT2D eigenvalue weighted by Gasteiger charge is 2.08. The van der Waals surface area contributed by atoms with Gasteiger partial charge in [0.1, 0.15) is 12.0 Å². The smallest absolute Gasteiger partial charge is 0.193 e. The van der Waals surface area contributed by atoms with E-state index in [0.717, 1.165) is 35.8 Å². The highest BCUT2D eigenvalue weighted by Crippen LogP contribution is 2.11. The predicted molar refractivity (Wildman–Crippen MR) is 89.1 cm³/mol. The Kier molecular flexibility index (Phi) is 4.56. The molecule has 0 bridgehead atoms. The van der Waals surface area contributed by atoms with Crippen molar-refractivity contribution in [1.82, 2.24) is 24.9 Å². The molecule has 0 saturated carbocycles. The Balaban J connectivity index is 1.56. The van der Waals surface area contributed by atoms with Crippen LogP contribution in [0.2, 0.25) is 0 Å². The van der Waals surface area contributed by atoms with Crippen molar-refractivity contribution in [3.8, 4) is 0 Å². The van der Waals surface area contributed by atoms with Gasteiger partial charge in [-0.1, -0.05) is 17.3 Å². The average Bonchev–Trinajstić information content (AvgIpc) is 3.21. The van der Waals surface area contributed by atoms with Gasteiger partial charge in [-0.05, 0) is 12.1 Å². The van der Waals surface area contributed by atoms with Crippen LogP contribution < -0.4 is 5.32 Å². The van der Waals surface area contributed by atoms with Crippen LogP contribution in [0.3, 0.4) is 0 Å².